The molecule has 1 aromatic rings. The Labute approximate surface area is 122 Å². The number of sulfonamides is 1. The fraction of sp³-hybridized carbons (Fsp3) is 0.600. The van der Waals surface area contributed by atoms with Crippen molar-refractivity contribution >= 4 is 10.0 Å². The minimum absolute atomic E-state index is 0.174. The predicted octanol–water partition coefficient (Wildman–Crippen LogP) is 2.35. The van der Waals surface area contributed by atoms with Gasteiger partial charge in [0.1, 0.15) is 0 Å². The number of nitrogens with two attached hydrogens (primary N) is 1. The number of benzene rings is 1. The summed E-state index contributed by atoms with van der Waals surface area (Å²) in [6.45, 7) is 10.4. The fourth-order valence-electron chi connectivity index (χ4n) is 1.97. The summed E-state index contributed by atoms with van der Waals surface area (Å²) in [4.78, 5) is 0.312. The van der Waals surface area contributed by atoms with Gasteiger partial charge >= 0.3 is 0 Å². The summed E-state index contributed by atoms with van der Waals surface area (Å²) in [5.74, 6) is 0. The largest absolute Gasteiger partial charge is 0.330 e. The zero-order chi connectivity index (χ0) is 15.6. The molecule has 0 amide bonds. The molecule has 114 valence electrons. The van der Waals surface area contributed by atoms with Gasteiger partial charge in [-0.25, -0.2) is 13.1 Å². The first-order valence-corrected chi connectivity index (χ1v) is 8.36. The van der Waals surface area contributed by atoms with Crippen LogP contribution in [0.3, 0.4) is 0 Å². The first-order valence-electron chi connectivity index (χ1n) is 6.87. The molecule has 1 aromatic carbocycles. The van der Waals surface area contributed by atoms with Crippen molar-refractivity contribution in [1.29, 1.82) is 0 Å². The molecule has 0 saturated heterocycles. The Balaban J connectivity index is 3.06. The van der Waals surface area contributed by atoms with Gasteiger partial charge in [-0.05, 0) is 55.5 Å². The second kappa shape index (κ2) is 6.24. The predicted molar refractivity (Wildman–Crippen MR) is 83.2 cm³/mol. The summed E-state index contributed by atoms with van der Waals surface area (Å²) in [7, 11) is -3.51. The van der Waals surface area contributed by atoms with Gasteiger partial charge < -0.3 is 5.73 Å². The maximum Gasteiger partial charge on any atom is 0.240 e. The molecule has 20 heavy (non-hydrogen) atoms. The Hall–Kier alpha value is -0.910. The van der Waals surface area contributed by atoms with E-state index < -0.39 is 10.0 Å². The first kappa shape index (κ1) is 17.1. The van der Waals surface area contributed by atoms with Crippen molar-refractivity contribution < 1.29 is 8.42 Å². The fourth-order valence-corrected chi connectivity index (χ4v) is 3.53. The quantitative estimate of drug-likeness (QED) is 0.876. The lowest BCUT2D eigenvalue weighted by Gasteiger charge is -2.31. The molecule has 0 saturated carbocycles. The second-order valence-corrected chi connectivity index (χ2v) is 8.08. The molecule has 0 aliphatic rings. The summed E-state index contributed by atoms with van der Waals surface area (Å²) < 4.78 is 27.7. The van der Waals surface area contributed by atoms with Crippen LogP contribution in [-0.4, -0.2) is 21.0 Å². The van der Waals surface area contributed by atoms with Crippen molar-refractivity contribution in [3.05, 3.63) is 29.3 Å². The van der Waals surface area contributed by atoms with Crippen LogP contribution < -0.4 is 10.5 Å². The summed E-state index contributed by atoms with van der Waals surface area (Å²) in [6.07, 6.45) is 0.619. The number of aryl methyl sites for hydroxylation is 2. The van der Waals surface area contributed by atoms with E-state index in [9.17, 15) is 8.42 Å². The Kier molecular flexibility index (Phi) is 5.35. The van der Waals surface area contributed by atoms with Crippen LogP contribution in [0.15, 0.2) is 23.1 Å². The lowest BCUT2D eigenvalue weighted by molar-refractivity contribution is 0.287. The van der Waals surface area contributed by atoms with E-state index in [0.29, 0.717) is 17.9 Å². The van der Waals surface area contributed by atoms with Gasteiger partial charge in [0.25, 0.3) is 0 Å². The SMILES string of the molecule is Cc1ccc(S(=O)(=O)NC(CCN)C(C)(C)C)cc1C. The van der Waals surface area contributed by atoms with Gasteiger partial charge in [0.15, 0.2) is 0 Å². The summed E-state index contributed by atoms with van der Waals surface area (Å²) in [6, 6.07) is 5.00. The third kappa shape index (κ3) is 4.30. The molecule has 4 nitrogen and oxygen atoms in total. The zero-order valence-corrected chi connectivity index (χ0v) is 13.8. The van der Waals surface area contributed by atoms with Gasteiger partial charge in [0, 0.05) is 6.04 Å². The average Bonchev–Trinajstić information content (AvgIpc) is 2.30. The molecule has 0 heterocycles. The summed E-state index contributed by atoms with van der Waals surface area (Å²) in [5, 5.41) is 0. The number of hydrogen-bond acceptors (Lipinski definition) is 3. The Morgan fingerprint density at radius 2 is 1.80 bits per heavy atom. The van der Waals surface area contributed by atoms with Gasteiger partial charge in [-0.15, -0.1) is 0 Å². The van der Waals surface area contributed by atoms with Crippen LogP contribution in [0.2, 0.25) is 0 Å². The number of hydrogen-bond donors (Lipinski definition) is 2. The van der Waals surface area contributed by atoms with Crippen LogP contribution in [0.1, 0.15) is 38.3 Å². The maximum absolute atomic E-state index is 12.5. The highest BCUT2D eigenvalue weighted by atomic mass is 32.2. The molecule has 0 bridgehead atoms. The van der Waals surface area contributed by atoms with E-state index in [1.165, 1.54) is 0 Å². The van der Waals surface area contributed by atoms with Gasteiger partial charge in [-0.3, -0.25) is 0 Å². The smallest absolute Gasteiger partial charge is 0.240 e. The van der Waals surface area contributed by atoms with Crippen LogP contribution in [0.25, 0.3) is 0 Å². The standard InChI is InChI=1S/C15H26N2O2S/c1-11-6-7-13(10-12(11)2)20(18,19)17-14(8-9-16)15(3,4)5/h6-7,10,14,17H,8-9,16H2,1-5H3. The van der Waals surface area contributed by atoms with Crippen LogP contribution in [-0.2, 0) is 10.0 Å². The molecular weight excluding hydrogens is 272 g/mol. The van der Waals surface area contributed by atoms with Crippen molar-refractivity contribution in [2.75, 3.05) is 6.54 Å². The van der Waals surface area contributed by atoms with Crippen molar-refractivity contribution in [3.8, 4) is 0 Å². The molecule has 0 aromatic heterocycles. The Morgan fingerprint density at radius 1 is 1.20 bits per heavy atom. The molecule has 0 radical (unpaired) electrons. The van der Waals surface area contributed by atoms with E-state index in [1.807, 2.05) is 40.7 Å². The third-order valence-electron chi connectivity index (χ3n) is 3.59. The molecule has 0 aliphatic carbocycles. The molecule has 1 unspecified atom stereocenters. The second-order valence-electron chi connectivity index (χ2n) is 6.36. The van der Waals surface area contributed by atoms with Crippen LogP contribution in [0.5, 0.6) is 0 Å². The Morgan fingerprint density at radius 3 is 2.25 bits per heavy atom. The Bertz CT molecular complexity index is 560. The van der Waals surface area contributed by atoms with Gasteiger partial charge in [-0.1, -0.05) is 26.8 Å². The van der Waals surface area contributed by atoms with E-state index in [0.717, 1.165) is 11.1 Å². The average molecular weight is 298 g/mol. The molecule has 0 fully saturated rings. The van der Waals surface area contributed by atoms with E-state index in [1.54, 1.807) is 12.1 Å². The highest BCUT2D eigenvalue weighted by molar-refractivity contribution is 7.89. The topological polar surface area (TPSA) is 72.2 Å². The highest BCUT2D eigenvalue weighted by Gasteiger charge is 2.29. The molecule has 0 aliphatic heterocycles. The molecule has 0 spiro atoms. The first-order chi connectivity index (χ1) is 9.08. The zero-order valence-electron chi connectivity index (χ0n) is 13.0. The highest BCUT2D eigenvalue weighted by Crippen LogP contribution is 2.24. The van der Waals surface area contributed by atoms with E-state index in [-0.39, 0.29) is 11.5 Å². The molecular formula is C15H26N2O2S. The van der Waals surface area contributed by atoms with Crippen LogP contribution in [0.4, 0.5) is 0 Å². The van der Waals surface area contributed by atoms with E-state index in [4.69, 9.17) is 5.73 Å². The van der Waals surface area contributed by atoms with E-state index in [2.05, 4.69) is 4.72 Å². The third-order valence-corrected chi connectivity index (χ3v) is 5.06. The molecule has 5 heteroatoms. The van der Waals surface area contributed by atoms with Crippen LogP contribution >= 0.6 is 0 Å². The number of nitrogens with one attached hydrogen (secondary N) is 1. The van der Waals surface area contributed by atoms with Gasteiger partial charge in [0.2, 0.25) is 10.0 Å². The minimum atomic E-state index is -3.51. The summed E-state index contributed by atoms with van der Waals surface area (Å²) in [5.41, 5.74) is 7.47. The normalized spacial score (nSPS) is 14.3. The van der Waals surface area contributed by atoms with Crippen molar-refractivity contribution in [2.45, 2.75) is 52.0 Å². The lowest BCUT2D eigenvalue weighted by atomic mass is 9.85. The number of rotatable bonds is 5. The van der Waals surface area contributed by atoms with Crippen molar-refractivity contribution in [3.63, 3.8) is 0 Å². The minimum Gasteiger partial charge on any atom is -0.330 e. The van der Waals surface area contributed by atoms with Crippen molar-refractivity contribution in [2.24, 2.45) is 11.1 Å². The van der Waals surface area contributed by atoms with Gasteiger partial charge in [0.05, 0.1) is 4.90 Å². The molecule has 3 N–H and O–H groups in total. The van der Waals surface area contributed by atoms with Crippen LogP contribution in [0, 0.1) is 19.3 Å². The van der Waals surface area contributed by atoms with E-state index >= 15 is 0 Å². The maximum atomic E-state index is 12.5. The molecule has 1 atom stereocenters. The summed E-state index contributed by atoms with van der Waals surface area (Å²) >= 11 is 0. The molecule has 1 rings (SSSR count). The monoisotopic (exact) mass is 298 g/mol. The lowest BCUT2D eigenvalue weighted by Crippen LogP contribution is -2.44. The van der Waals surface area contributed by atoms with Crippen molar-refractivity contribution in [1.82, 2.24) is 4.72 Å². The van der Waals surface area contributed by atoms with Gasteiger partial charge in [-0.2, -0.15) is 0 Å².